The molecule has 26 heavy (non-hydrogen) atoms. The molecule has 0 aliphatic carbocycles. The highest BCUT2D eigenvalue weighted by Crippen LogP contribution is 2.43. The Hall–Kier alpha value is -1.69. The molecule has 0 aromatic heterocycles. The minimum Gasteiger partial charge on any atom is -0.453 e. The van der Waals surface area contributed by atoms with Gasteiger partial charge in [-0.15, -0.1) is 0 Å². The summed E-state index contributed by atoms with van der Waals surface area (Å²) in [4.78, 5) is 2.39. The number of fused-ring (bicyclic) bond motifs is 2. The fourth-order valence-corrected chi connectivity index (χ4v) is 4.18. The smallest absolute Gasteiger partial charge is 0.150 e. The number of hydrogen-bond acceptors (Lipinski definition) is 5. The van der Waals surface area contributed by atoms with Crippen molar-refractivity contribution in [3.63, 3.8) is 0 Å². The van der Waals surface area contributed by atoms with Gasteiger partial charge in [0.25, 0.3) is 0 Å². The fraction of sp³-hybridized carbons (Fsp3) is 0.429. The second-order valence-electron chi connectivity index (χ2n) is 6.46. The van der Waals surface area contributed by atoms with E-state index in [2.05, 4.69) is 46.7 Å². The number of benzene rings is 2. The first-order chi connectivity index (χ1) is 12.7. The van der Waals surface area contributed by atoms with E-state index in [0.717, 1.165) is 49.1 Å². The Balaban J connectivity index is 0.000000948. The summed E-state index contributed by atoms with van der Waals surface area (Å²) in [6.45, 7) is 10.8. The van der Waals surface area contributed by atoms with E-state index in [4.69, 9.17) is 4.74 Å². The van der Waals surface area contributed by atoms with Crippen LogP contribution < -0.4 is 10.1 Å². The fourth-order valence-electron chi connectivity index (χ4n) is 3.09. The maximum absolute atomic E-state index is 5.99. The molecule has 1 N–H and O–H groups in total. The van der Waals surface area contributed by atoms with E-state index in [1.807, 2.05) is 50.1 Å². The molecule has 140 valence electrons. The van der Waals surface area contributed by atoms with Crippen LogP contribution in [0.15, 0.2) is 42.5 Å². The van der Waals surface area contributed by atoms with Gasteiger partial charge in [0.05, 0.1) is 11.4 Å². The third-order valence-electron chi connectivity index (χ3n) is 4.62. The molecule has 1 fully saturated rings. The monoisotopic (exact) mass is 371 g/mol. The van der Waals surface area contributed by atoms with Crippen LogP contribution in [0.25, 0.3) is 0 Å². The van der Waals surface area contributed by atoms with E-state index in [1.165, 1.54) is 5.56 Å². The molecule has 4 nitrogen and oxygen atoms in total. The number of likely N-dealkylation sites (N-methyl/N-ethyl adjacent to an activating group) is 1. The van der Waals surface area contributed by atoms with Gasteiger partial charge in [0.2, 0.25) is 0 Å². The van der Waals surface area contributed by atoms with Gasteiger partial charge in [-0.2, -0.15) is 0 Å². The summed E-state index contributed by atoms with van der Waals surface area (Å²) in [7, 11) is 2.19. The zero-order chi connectivity index (χ0) is 18.5. The first-order valence-corrected chi connectivity index (χ1v) is 10.3. The van der Waals surface area contributed by atoms with Crippen LogP contribution in [0.1, 0.15) is 31.6 Å². The molecule has 0 spiro atoms. The first kappa shape index (κ1) is 19.1. The lowest BCUT2D eigenvalue weighted by atomic mass is 10.1. The highest BCUT2D eigenvalue weighted by atomic mass is 32.2. The minimum absolute atomic E-state index is 0.428. The quantitative estimate of drug-likeness (QED) is 0.612. The zero-order valence-electron chi connectivity index (χ0n) is 16.2. The van der Waals surface area contributed by atoms with Crippen LogP contribution in [0.2, 0.25) is 0 Å². The molecule has 1 unspecified atom stereocenters. The van der Waals surface area contributed by atoms with Gasteiger partial charge in [0.1, 0.15) is 0 Å². The van der Waals surface area contributed by atoms with Gasteiger partial charge in [-0.05, 0) is 43.8 Å². The van der Waals surface area contributed by atoms with E-state index < -0.39 is 0 Å². The molecule has 2 aromatic rings. The van der Waals surface area contributed by atoms with Crippen LogP contribution in [-0.2, 0) is 0 Å². The lowest BCUT2D eigenvalue weighted by Gasteiger charge is -2.33. The molecule has 1 atom stereocenters. The van der Waals surface area contributed by atoms with E-state index >= 15 is 0 Å². The van der Waals surface area contributed by atoms with Crippen molar-refractivity contribution in [2.24, 2.45) is 0 Å². The van der Waals surface area contributed by atoms with E-state index in [1.54, 1.807) is 0 Å². The largest absolute Gasteiger partial charge is 0.453 e. The van der Waals surface area contributed by atoms with Crippen molar-refractivity contribution in [3.05, 3.63) is 48.0 Å². The zero-order valence-corrected chi connectivity index (χ0v) is 17.0. The molecule has 0 amide bonds. The van der Waals surface area contributed by atoms with Crippen molar-refractivity contribution in [2.75, 3.05) is 38.5 Å². The Morgan fingerprint density at radius 1 is 0.962 bits per heavy atom. The topological polar surface area (TPSA) is 27.7 Å². The summed E-state index contributed by atoms with van der Waals surface area (Å²) < 4.78 is 8.48. The van der Waals surface area contributed by atoms with E-state index in [-0.39, 0.29) is 0 Å². The maximum Gasteiger partial charge on any atom is 0.150 e. The molecule has 4 rings (SSSR count). The molecule has 2 aromatic carbocycles. The van der Waals surface area contributed by atoms with Gasteiger partial charge < -0.3 is 15.0 Å². The lowest BCUT2D eigenvalue weighted by molar-refractivity contribution is 0.233. The van der Waals surface area contributed by atoms with Gasteiger partial charge in [-0.1, -0.05) is 44.0 Å². The Bertz CT molecular complexity index is 729. The molecule has 2 aliphatic heterocycles. The summed E-state index contributed by atoms with van der Waals surface area (Å²) in [5.74, 6) is 1.78. The molecule has 0 saturated carbocycles. The third kappa shape index (κ3) is 4.34. The van der Waals surface area contributed by atoms with Gasteiger partial charge in [0, 0.05) is 31.4 Å². The highest BCUT2D eigenvalue weighted by molar-refractivity contribution is 7.97. The molecule has 2 heterocycles. The Labute approximate surface area is 161 Å². The lowest BCUT2D eigenvalue weighted by Crippen LogP contribution is -2.41. The van der Waals surface area contributed by atoms with Crippen molar-refractivity contribution >= 4 is 23.3 Å². The van der Waals surface area contributed by atoms with Gasteiger partial charge in [0.15, 0.2) is 11.5 Å². The standard InChI is InChI=1S/C19H23N3OS.C2H6/c1-14(24-22-11-9-21(2)10-12-22)15-7-8-19-17(13-15)20-16-5-3-4-6-18(16)23-19;1-2/h3-8,13-14,20H,9-12H2,1-2H3;1-2H3. The predicted octanol–water partition coefficient (Wildman–Crippen LogP) is 5.52. The molecular formula is C21H29N3OS. The molecule has 2 aliphatic rings. The van der Waals surface area contributed by atoms with E-state index in [0.29, 0.717) is 5.25 Å². The maximum atomic E-state index is 5.99. The number of ether oxygens (including phenoxy) is 1. The molecular weight excluding hydrogens is 342 g/mol. The van der Waals surface area contributed by atoms with E-state index in [9.17, 15) is 0 Å². The van der Waals surface area contributed by atoms with Crippen LogP contribution in [0.5, 0.6) is 11.5 Å². The highest BCUT2D eigenvalue weighted by Gasteiger charge is 2.20. The second-order valence-corrected chi connectivity index (χ2v) is 7.89. The molecule has 0 radical (unpaired) electrons. The Morgan fingerprint density at radius 2 is 1.65 bits per heavy atom. The van der Waals surface area contributed by atoms with Gasteiger partial charge >= 0.3 is 0 Å². The van der Waals surface area contributed by atoms with Crippen molar-refractivity contribution < 1.29 is 4.74 Å². The Morgan fingerprint density at radius 3 is 2.42 bits per heavy atom. The normalized spacial score (nSPS) is 17.7. The first-order valence-electron chi connectivity index (χ1n) is 9.47. The van der Waals surface area contributed by atoms with Crippen LogP contribution in [0.4, 0.5) is 11.4 Å². The SMILES string of the molecule is CC.CC(SN1CCN(C)CC1)c1ccc2c(c1)Nc1ccccc1O2. The molecule has 0 bridgehead atoms. The molecule has 1 saturated heterocycles. The average Bonchev–Trinajstić information content (AvgIpc) is 2.69. The number of rotatable bonds is 3. The number of nitrogens with zero attached hydrogens (tertiary/aromatic N) is 2. The van der Waals surface area contributed by atoms with Crippen molar-refractivity contribution in [2.45, 2.75) is 26.0 Å². The summed E-state index contributed by atoms with van der Waals surface area (Å²) in [5, 5.41) is 3.92. The van der Waals surface area contributed by atoms with Crippen LogP contribution in [0.3, 0.4) is 0 Å². The number of piperazine rings is 1. The van der Waals surface area contributed by atoms with Crippen molar-refractivity contribution in [3.8, 4) is 11.5 Å². The summed E-state index contributed by atoms with van der Waals surface area (Å²) >= 11 is 1.95. The number of anilines is 2. The Kier molecular flexibility index (Phi) is 6.46. The van der Waals surface area contributed by atoms with Gasteiger partial charge in [-0.25, -0.2) is 4.31 Å². The van der Waals surface area contributed by atoms with Crippen LogP contribution in [0, 0.1) is 0 Å². The van der Waals surface area contributed by atoms with Crippen molar-refractivity contribution in [1.82, 2.24) is 9.21 Å². The number of nitrogens with one attached hydrogen (secondary N) is 1. The second kappa shape index (κ2) is 8.80. The number of para-hydroxylation sites is 2. The molecule has 5 heteroatoms. The van der Waals surface area contributed by atoms with Crippen molar-refractivity contribution in [1.29, 1.82) is 0 Å². The number of hydrogen-bond donors (Lipinski definition) is 1. The van der Waals surface area contributed by atoms with Crippen LogP contribution in [-0.4, -0.2) is 42.4 Å². The summed E-state index contributed by atoms with van der Waals surface area (Å²) in [6.07, 6.45) is 0. The minimum atomic E-state index is 0.428. The third-order valence-corrected chi connectivity index (χ3v) is 5.87. The summed E-state index contributed by atoms with van der Waals surface area (Å²) in [5.41, 5.74) is 3.41. The van der Waals surface area contributed by atoms with Gasteiger partial charge in [-0.3, -0.25) is 0 Å². The summed E-state index contributed by atoms with van der Waals surface area (Å²) in [6, 6.07) is 14.5. The average molecular weight is 372 g/mol. The van der Waals surface area contributed by atoms with Crippen LogP contribution >= 0.6 is 11.9 Å². The predicted molar refractivity (Wildman–Crippen MR) is 113 cm³/mol.